The van der Waals surface area contributed by atoms with Gasteiger partial charge in [-0.25, -0.2) is 13.6 Å². The van der Waals surface area contributed by atoms with Crippen molar-refractivity contribution in [3.05, 3.63) is 71.3 Å². The molecule has 0 radical (unpaired) electrons. The van der Waals surface area contributed by atoms with Crippen LogP contribution in [0.3, 0.4) is 0 Å². The van der Waals surface area contributed by atoms with Gasteiger partial charge in [-0.1, -0.05) is 36.4 Å². The van der Waals surface area contributed by atoms with Gasteiger partial charge in [0.1, 0.15) is 11.6 Å². The van der Waals surface area contributed by atoms with Crippen LogP contribution < -0.4 is 11.1 Å². The van der Waals surface area contributed by atoms with E-state index in [9.17, 15) is 13.6 Å². The van der Waals surface area contributed by atoms with Gasteiger partial charge in [-0.3, -0.25) is 0 Å². The zero-order valence-corrected chi connectivity index (χ0v) is 9.94. The van der Waals surface area contributed by atoms with Crippen molar-refractivity contribution in [2.24, 2.45) is 5.73 Å². The molecule has 0 saturated heterocycles. The lowest BCUT2D eigenvalue weighted by atomic mass is 9.98. The fourth-order valence-corrected chi connectivity index (χ4v) is 1.86. The van der Waals surface area contributed by atoms with E-state index in [0.717, 1.165) is 12.1 Å². The molecule has 2 aromatic carbocycles. The van der Waals surface area contributed by atoms with Crippen molar-refractivity contribution in [2.75, 3.05) is 0 Å². The fraction of sp³-hybridized carbons (Fsp3) is 0.0714. The molecule has 5 heteroatoms. The molecule has 0 bridgehead atoms. The third kappa shape index (κ3) is 3.07. The first kappa shape index (κ1) is 13.0. The summed E-state index contributed by atoms with van der Waals surface area (Å²) in [4.78, 5) is 11.0. The summed E-state index contributed by atoms with van der Waals surface area (Å²) in [6.07, 6.45) is 0. The van der Waals surface area contributed by atoms with Crippen LogP contribution in [0.25, 0.3) is 0 Å². The Labute approximate surface area is 109 Å². The highest BCUT2D eigenvalue weighted by atomic mass is 19.1. The van der Waals surface area contributed by atoms with Gasteiger partial charge in [-0.05, 0) is 11.6 Å². The lowest BCUT2D eigenvalue weighted by molar-refractivity contribution is 0.246. The molecule has 2 amide bonds. The van der Waals surface area contributed by atoms with Gasteiger partial charge in [0.15, 0.2) is 0 Å². The molecular formula is C14H12F2N2O. The monoisotopic (exact) mass is 262 g/mol. The molecule has 0 heterocycles. The van der Waals surface area contributed by atoms with E-state index in [1.54, 1.807) is 30.3 Å². The molecule has 1 atom stereocenters. The molecule has 3 nitrogen and oxygen atoms in total. The molecule has 0 aliphatic rings. The second-order valence-electron chi connectivity index (χ2n) is 4.02. The summed E-state index contributed by atoms with van der Waals surface area (Å²) >= 11 is 0. The standard InChI is InChI=1S/C14H12F2N2O/c15-10-6-7-11(12(16)8-10)13(18-14(17)19)9-4-2-1-3-5-9/h1-8,13H,(H3,17,18,19). The van der Waals surface area contributed by atoms with Crippen LogP contribution in [-0.4, -0.2) is 6.03 Å². The summed E-state index contributed by atoms with van der Waals surface area (Å²) in [5.74, 6) is -1.41. The van der Waals surface area contributed by atoms with Crippen molar-refractivity contribution in [1.29, 1.82) is 0 Å². The minimum absolute atomic E-state index is 0.159. The van der Waals surface area contributed by atoms with E-state index in [0.29, 0.717) is 5.56 Å². The predicted molar refractivity (Wildman–Crippen MR) is 67.4 cm³/mol. The minimum Gasteiger partial charge on any atom is -0.352 e. The summed E-state index contributed by atoms with van der Waals surface area (Å²) in [5.41, 5.74) is 5.92. The number of rotatable bonds is 3. The first-order valence-corrected chi connectivity index (χ1v) is 5.64. The second-order valence-corrected chi connectivity index (χ2v) is 4.02. The van der Waals surface area contributed by atoms with Crippen molar-refractivity contribution in [3.63, 3.8) is 0 Å². The van der Waals surface area contributed by atoms with Crippen LogP contribution in [0.2, 0.25) is 0 Å². The van der Waals surface area contributed by atoms with Crippen molar-refractivity contribution in [2.45, 2.75) is 6.04 Å². The summed E-state index contributed by atoms with van der Waals surface area (Å²) < 4.78 is 26.7. The largest absolute Gasteiger partial charge is 0.352 e. The smallest absolute Gasteiger partial charge is 0.312 e. The Kier molecular flexibility index (Phi) is 3.75. The van der Waals surface area contributed by atoms with Gasteiger partial charge in [-0.15, -0.1) is 0 Å². The summed E-state index contributed by atoms with van der Waals surface area (Å²) in [6, 6.07) is 10.4. The molecule has 0 aliphatic heterocycles. The lowest BCUT2D eigenvalue weighted by Gasteiger charge is -2.19. The molecule has 98 valence electrons. The first-order valence-electron chi connectivity index (χ1n) is 5.64. The lowest BCUT2D eigenvalue weighted by Crippen LogP contribution is -2.34. The third-order valence-electron chi connectivity index (χ3n) is 2.69. The second kappa shape index (κ2) is 5.48. The number of carbonyl (C=O) groups excluding carboxylic acids is 1. The Morgan fingerprint density at radius 3 is 2.37 bits per heavy atom. The maximum atomic E-state index is 13.8. The van der Waals surface area contributed by atoms with Crippen LogP contribution in [-0.2, 0) is 0 Å². The molecule has 0 aliphatic carbocycles. The van der Waals surface area contributed by atoms with Crippen LogP contribution >= 0.6 is 0 Å². The van der Waals surface area contributed by atoms with Crippen LogP contribution in [0, 0.1) is 11.6 Å². The summed E-state index contributed by atoms with van der Waals surface area (Å²) in [5, 5.41) is 2.45. The fourth-order valence-electron chi connectivity index (χ4n) is 1.86. The quantitative estimate of drug-likeness (QED) is 0.878. The topological polar surface area (TPSA) is 55.1 Å². The summed E-state index contributed by atoms with van der Waals surface area (Å²) in [7, 11) is 0. The van der Waals surface area contributed by atoms with E-state index in [1.165, 1.54) is 6.07 Å². The van der Waals surface area contributed by atoms with Crippen molar-refractivity contribution in [3.8, 4) is 0 Å². The first-order chi connectivity index (χ1) is 9.08. The van der Waals surface area contributed by atoms with Crippen LogP contribution in [0.5, 0.6) is 0 Å². The molecule has 0 saturated carbocycles. The number of benzene rings is 2. The van der Waals surface area contributed by atoms with Gasteiger partial charge in [0.2, 0.25) is 0 Å². The third-order valence-corrected chi connectivity index (χ3v) is 2.69. The SMILES string of the molecule is NC(=O)NC(c1ccccc1)c1ccc(F)cc1F. The Hall–Kier alpha value is -2.43. The highest BCUT2D eigenvalue weighted by Gasteiger charge is 2.19. The highest BCUT2D eigenvalue weighted by Crippen LogP contribution is 2.24. The number of hydrogen-bond donors (Lipinski definition) is 2. The number of primary amides is 1. The zero-order valence-electron chi connectivity index (χ0n) is 9.94. The number of nitrogens with two attached hydrogens (primary N) is 1. The minimum atomic E-state index is -0.780. The normalized spacial score (nSPS) is 11.9. The van der Waals surface area contributed by atoms with Gasteiger partial charge < -0.3 is 11.1 Å². The molecule has 0 fully saturated rings. The van der Waals surface area contributed by atoms with E-state index < -0.39 is 23.7 Å². The zero-order chi connectivity index (χ0) is 13.8. The Morgan fingerprint density at radius 1 is 1.11 bits per heavy atom. The van der Waals surface area contributed by atoms with Gasteiger partial charge in [0, 0.05) is 11.6 Å². The Bertz CT molecular complexity index is 587. The van der Waals surface area contributed by atoms with Crippen molar-refractivity contribution in [1.82, 2.24) is 5.32 Å². The average molecular weight is 262 g/mol. The van der Waals surface area contributed by atoms with E-state index in [-0.39, 0.29) is 5.56 Å². The van der Waals surface area contributed by atoms with Crippen LogP contribution in [0.1, 0.15) is 17.2 Å². The van der Waals surface area contributed by atoms with Gasteiger partial charge >= 0.3 is 6.03 Å². The molecule has 1 unspecified atom stereocenters. The number of halogens is 2. The van der Waals surface area contributed by atoms with E-state index in [2.05, 4.69) is 5.32 Å². The maximum absolute atomic E-state index is 13.8. The molecule has 0 spiro atoms. The number of nitrogens with one attached hydrogen (secondary N) is 1. The van der Waals surface area contributed by atoms with Gasteiger partial charge in [0.25, 0.3) is 0 Å². The Morgan fingerprint density at radius 2 is 1.79 bits per heavy atom. The number of carbonyl (C=O) groups is 1. The van der Waals surface area contributed by atoms with Crippen LogP contribution in [0.15, 0.2) is 48.5 Å². The molecule has 19 heavy (non-hydrogen) atoms. The highest BCUT2D eigenvalue weighted by molar-refractivity contribution is 5.73. The summed E-state index contributed by atoms with van der Waals surface area (Å²) in [6.45, 7) is 0. The van der Waals surface area contributed by atoms with Gasteiger partial charge in [-0.2, -0.15) is 0 Å². The predicted octanol–water partition coefficient (Wildman–Crippen LogP) is 2.72. The molecule has 2 aromatic rings. The van der Waals surface area contributed by atoms with E-state index in [4.69, 9.17) is 5.73 Å². The molecule has 0 aromatic heterocycles. The number of hydrogen-bond acceptors (Lipinski definition) is 1. The Balaban J connectivity index is 2.46. The molecule has 2 rings (SSSR count). The van der Waals surface area contributed by atoms with Crippen LogP contribution in [0.4, 0.5) is 13.6 Å². The van der Waals surface area contributed by atoms with Crippen molar-refractivity contribution < 1.29 is 13.6 Å². The van der Waals surface area contributed by atoms with E-state index >= 15 is 0 Å². The maximum Gasteiger partial charge on any atom is 0.312 e. The van der Waals surface area contributed by atoms with Gasteiger partial charge in [0.05, 0.1) is 6.04 Å². The number of amides is 2. The van der Waals surface area contributed by atoms with E-state index in [1.807, 2.05) is 0 Å². The van der Waals surface area contributed by atoms with Crippen molar-refractivity contribution >= 4 is 6.03 Å². The molecule has 3 N–H and O–H groups in total. The average Bonchev–Trinajstić information content (AvgIpc) is 2.37. The number of urea groups is 1. The molecular weight excluding hydrogens is 250 g/mol.